The van der Waals surface area contributed by atoms with Crippen LogP contribution in [-0.2, 0) is 0 Å². The van der Waals surface area contributed by atoms with Crippen LogP contribution in [-0.4, -0.2) is 7.05 Å². The number of benzene rings is 1. The van der Waals surface area contributed by atoms with Gasteiger partial charge < -0.3 is 5.32 Å². The van der Waals surface area contributed by atoms with Gasteiger partial charge in [-0.2, -0.15) is 0 Å². The lowest BCUT2D eigenvalue weighted by Crippen LogP contribution is -2.22. The minimum absolute atomic E-state index is 0.600. The summed E-state index contributed by atoms with van der Waals surface area (Å²) >= 11 is 0. The van der Waals surface area contributed by atoms with Gasteiger partial charge in [-0.1, -0.05) is 29.8 Å². The van der Waals surface area contributed by atoms with Crippen LogP contribution < -0.4 is 5.32 Å². The first-order valence-electron chi connectivity index (χ1n) is 7.53. The predicted molar refractivity (Wildman–Crippen MR) is 74.3 cm³/mol. The van der Waals surface area contributed by atoms with Crippen molar-refractivity contribution in [3.05, 3.63) is 35.4 Å². The summed E-state index contributed by atoms with van der Waals surface area (Å²) in [5, 5.41) is 3.60. The highest BCUT2D eigenvalue weighted by Gasteiger charge is 2.66. The van der Waals surface area contributed by atoms with Gasteiger partial charge in [0.05, 0.1) is 0 Å². The van der Waals surface area contributed by atoms with Crippen molar-refractivity contribution in [2.45, 2.75) is 32.2 Å². The normalized spacial score (nSPS) is 41.8. The molecule has 1 aromatic carbocycles. The molecule has 1 aromatic rings. The topological polar surface area (TPSA) is 12.0 Å². The summed E-state index contributed by atoms with van der Waals surface area (Å²) in [5.74, 6) is 5.20. The number of hydrogen-bond acceptors (Lipinski definition) is 1. The zero-order valence-electron chi connectivity index (χ0n) is 11.4. The molecule has 1 heteroatoms. The van der Waals surface area contributed by atoms with Gasteiger partial charge in [-0.3, -0.25) is 0 Å². The van der Waals surface area contributed by atoms with Gasteiger partial charge in [-0.25, -0.2) is 0 Å². The Balaban J connectivity index is 1.60. The van der Waals surface area contributed by atoms with E-state index >= 15 is 0 Å². The maximum atomic E-state index is 3.60. The zero-order chi connectivity index (χ0) is 12.3. The van der Waals surface area contributed by atoms with Crippen LogP contribution in [0.25, 0.3) is 0 Å². The van der Waals surface area contributed by atoms with Crippen LogP contribution in [0.1, 0.15) is 36.4 Å². The first-order valence-corrected chi connectivity index (χ1v) is 7.53. The van der Waals surface area contributed by atoms with E-state index in [-0.39, 0.29) is 0 Å². The molecule has 2 bridgehead atoms. The average molecular weight is 241 g/mol. The molecule has 3 aliphatic rings. The Hall–Kier alpha value is -0.820. The molecule has 0 saturated heterocycles. The van der Waals surface area contributed by atoms with Gasteiger partial charge in [0.25, 0.3) is 0 Å². The van der Waals surface area contributed by atoms with Crippen molar-refractivity contribution in [2.75, 3.05) is 7.05 Å². The summed E-state index contributed by atoms with van der Waals surface area (Å²) in [4.78, 5) is 0. The fourth-order valence-corrected chi connectivity index (χ4v) is 5.28. The van der Waals surface area contributed by atoms with Gasteiger partial charge in [0.15, 0.2) is 0 Å². The molecule has 1 nitrogen and oxygen atoms in total. The average Bonchev–Trinajstić information content (AvgIpc) is 2.80. The molecule has 0 heterocycles. The zero-order valence-corrected chi connectivity index (χ0v) is 11.4. The summed E-state index contributed by atoms with van der Waals surface area (Å²) in [7, 11) is 2.14. The lowest BCUT2D eigenvalue weighted by molar-refractivity contribution is 0.385. The molecule has 18 heavy (non-hydrogen) atoms. The molecule has 5 atom stereocenters. The lowest BCUT2D eigenvalue weighted by atomic mass is 9.92. The molecule has 1 N–H and O–H groups in total. The Morgan fingerprint density at radius 1 is 1.17 bits per heavy atom. The Morgan fingerprint density at radius 3 is 2.50 bits per heavy atom. The quantitative estimate of drug-likeness (QED) is 0.853. The van der Waals surface area contributed by atoms with Crippen LogP contribution in [0.2, 0.25) is 0 Å². The van der Waals surface area contributed by atoms with Gasteiger partial charge >= 0.3 is 0 Å². The molecule has 3 saturated carbocycles. The smallest absolute Gasteiger partial charge is 0.0351 e. The number of hydrogen-bond donors (Lipinski definition) is 1. The summed E-state index contributed by atoms with van der Waals surface area (Å²) in [6, 6.07) is 9.69. The molecule has 96 valence electrons. The molecule has 3 fully saturated rings. The molecule has 0 radical (unpaired) electrons. The third-order valence-corrected chi connectivity index (χ3v) is 5.89. The number of nitrogens with one attached hydrogen (secondary N) is 1. The van der Waals surface area contributed by atoms with Crippen molar-refractivity contribution in [2.24, 2.45) is 29.6 Å². The third kappa shape index (κ3) is 1.43. The van der Waals surface area contributed by atoms with Crippen LogP contribution in [0.15, 0.2) is 24.3 Å². The molecule has 0 aliphatic heterocycles. The summed E-state index contributed by atoms with van der Waals surface area (Å²) in [6.45, 7) is 2.20. The largest absolute Gasteiger partial charge is 0.313 e. The van der Waals surface area contributed by atoms with Crippen molar-refractivity contribution in [3.63, 3.8) is 0 Å². The van der Waals surface area contributed by atoms with E-state index in [4.69, 9.17) is 0 Å². The molecule has 0 spiro atoms. The number of rotatable bonds is 3. The summed E-state index contributed by atoms with van der Waals surface area (Å²) in [6.07, 6.45) is 4.59. The van der Waals surface area contributed by atoms with E-state index in [1.165, 1.54) is 24.0 Å². The first-order chi connectivity index (χ1) is 8.79. The fourth-order valence-electron chi connectivity index (χ4n) is 5.28. The van der Waals surface area contributed by atoms with Crippen molar-refractivity contribution < 1.29 is 0 Å². The van der Waals surface area contributed by atoms with Crippen LogP contribution >= 0.6 is 0 Å². The molecule has 5 unspecified atom stereocenters. The number of fused-ring (bicyclic) bond motifs is 5. The molecular weight excluding hydrogens is 218 g/mol. The van der Waals surface area contributed by atoms with E-state index < -0.39 is 0 Å². The molecule has 4 rings (SSSR count). The lowest BCUT2D eigenvalue weighted by Gasteiger charge is -2.21. The minimum atomic E-state index is 0.600. The molecule has 0 amide bonds. The van der Waals surface area contributed by atoms with E-state index in [0.29, 0.717) is 6.04 Å². The van der Waals surface area contributed by atoms with Crippen LogP contribution in [0.3, 0.4) is 0 Å². The molecule has 3 aliphatic carbocycles. The maximum Gasteiger partial charge on any atom is 0.0351 e. The van der Waals surface area contributed by atoms with Crippen molar-refractivity contribution in [3.8, 4) is 0 Å². The SMILES string of the molecule is CNC(c1cccc(C)c1)C1C2C3CCC(C3)C21. The first kappa shape index (κ1) is 11.0. The Morgan fingerprint density at radius 2 is 1.89 bits per heavy atom. The predicted octanol–water partition coefficient (Wildman–Crippen LogP) is 3.55. The van der Waals surface area contributed by atoms with E-state index in [9.17, 15) is 0 Å². The van der Waals surface area contributed by atoms with Crippen LogP contribution in [0.4, 0.5) is 0 Å². The van der Waals surface area contributed by atoms with Crippen molar-refractivity contribution in [1.82, 2.24) is 5.32 Å². The van der Waals surface area contributed by atoms with Gasteiger partial charge in [-0.15, -0.1) is 0 Å². The second-order valence-electron chi connectivity index (χ2n) is 6.75. The Kier molecular flexibility index (Phi) is 2.35. The van der Waals surface area contributed by atoms with Crippen molar-refractivity contribution >= 4 is 0 Å². The highest BCUT2D eigenvalue weighted by molar-refractivity contribution is 5.29. The maximum absolute atomic E-state index is 3.60. The summed E-state index contributed by atoms with van der Waals surface area (Å²) < 4.78 is 0. The standard InChI is InChI=1S/C17H23N/c1-10-4-3-5-13(8-10)17(18-2)16-14-11-6-7-12(9-11)15(14)16/h3-5,8,11-12,14-18H,6-7,9H2,1-2H3. The molecule has 0 aromatic heterocycles. The van der Waals surface area contributed by atoms with E-state index in [0.717, 1.165) is 29.6 Å². The molecular formula is C17H23N. The Bertz CT molecular complexity index is 450. The van der Waals surface area contributed by atoms with Gasteiger partial charge in [-0.05, 0) is 68.4 Å². The van der Waals surface area contributed by atoms with Gasteiger partial charge in [0.1, 0.15) is 0 Å². The fraction of sp³-hybridized carbons (Fsp3) is 0.647. The van der Waals surface area contributed by atoms with Crippen LogP contribution in [0.5, 0.6) is 0 Å². The van der Waals surface area contributed by atoms with Gasteiger partial charge in [0.2, 0.25) is 0 Å². The second kappa shape index (κ2) is 3.84. The monoisotopic (exact) mass is 241 g/mol. The van der Waals surface area contributed by atoms with Crippen LogP contribution in [0, 0.1) is 36.5 Å². The summed E-state index contributed by atoms with van der Waals surface area (Å²) in [5.41, 5.74) is 2.90. The second-order valence-corrected chi connectivity index (χ2v) is 6.75. The van der Waals surface area contributed by atoms with Crippen molar-refractivity contribution in [1.29, 1.82) is 0 Å². The van der Waals surface area contributed by atoms with Gasteiger partial charge in [0, 0.05) is 6.04 Å². The number of aryl methyl sites for hydroxylation is 1. The van der Waals surface area contributed by atoms with E-state index in [2.05, 4.69) is 43.6 Å². The van der Waals surface area contributed by atoms with E-state index in [1.54, 1.807) is 6.42 Å². The minimum Gasteiger partial charge on any atom is -0.313 e. The third-order valence-electron chi connectivity index (χ3n) is 5.89. The highest BCUT2D eigenvalue weighted by Crippen LogP contribution is 2.72. The van der Waals surface area contributed by atoms with E-state index in [1.807, 2.05) is 0 Å². The highest BCUT2D eigenvalue weighted by atomic mass is 14.9. The Labute approximate surface area is 110 Å².